The molecule has 4 heteroatoms. The summed E-state index contributed by atoms with van der Waals surface area (Å²) in [5.74, 6) is 0. The average Bonchev–Trinajstić information content (AvgIpc) is 1.61. The van der Waals surface area contributed by atoms with Crippen LogP contribution >= 0.6 is 0 Å². The minimum absolute atomic E-state index is 0.143. The molecular formula is C3H3O3S. The van der Waals surface area contributed by atoms with Crippen LogP contribution in [0.5, 0.6) is 0 Å². The topological polar surface area (TPSA) is 51.2 Å². The highest BCUT2D eigenvalue weighted by Crippen LogP contribution is 1.55. The van der Waals surface area contributed by atoms with Crippen molar-refractivity contribution in [1.82, 2.24) is 0 Å². The Balaban J connectivity index is 3.71. The van der Waals surface area contributed by atoms with Crippen molar-refractivity contribution in [2.75, 3.05) is 0 Å². The summed E-state index contributed by atoms with van der Waals surface area (Å²) in [6, 6.07) is 0. The second kappa shape index (κ2) is 3.55. The van der Waals surface area contributed by atoms with Gasteiger partial charge in [-0.3, -0.25) is 4.79 Å². The van der Waals surface area contributed by atoms with Crippen LogP contribution in [0.3, 0.4) is 0 Å². The van der Waals surface area contributed by atoms with Gasteiger partial charge in [0.05, 0.1) is 0 Å². The van der Waals surface area contributed by atoms with Gasteiger partial charge in [0, 0.05) is 11.8 Å². The van der Waals surface area contributed by atoms with Crippen LogP contribution in [0.25, 0.3) is 0 Å². The lowest BCUT2D eigenvalue weighted by atomic mass is 10.6. The van der Waals surface area contributed by atoms with Crippen LogP contribution in [0, 0.1) is 0 Å². The second-order valence-electron chi connectivity index (χ2n) is 0.776. The molecule has 3 nitrogen and oxygen atoms in total. The maximum atomic E-state index is 9.52. The molecule has 0 bridgehead atoms. The molecule has 0 aromatic rings. The van der Waals surface area contributed by atoms with Crippen LogP contribution in [0.2, 0.25) is 0 Å². The second-order valence-corrected chi connectivity index (χ2v) is 1.63. The SMILES string of the molecule is O=[C]CC=S(=O)=O. The summed E-state index contributed by atoms with van der Waals surface area (Å²) in [7, 11) is -2.20. The molecule has 0 aliphatic rings. The molecule has 0 spiro atoms. The van der Waals surface area contributed by atoms with Crippen molar-refractivity contribution in [3.8, 4) is 0 Å². The molecular weight excluding hydrogens is 116 g/mol. The lowest BCUT2D eigenvalue weighted by Crippen LogP contribution is -1.74. The number of hydrogen-bond donors (Lipinski definition) is 0. The van der Waals surface area contributed by atoms with Crippen molar-refractivity contribution in [3.05, 3.63) is 0 Å². The van der Waals surface area contributed by atoms with E-state index in [1.807, 2.05) is 0 Å². The fourth-order valence-electron chi connectivity index (χ4n) is 0.102. The molecule has 0 saturated heterocycles. The number of hydrogen-bond acceptors (Lipinski definition) is 3. The molecule has 0 aliphatic carbocycles. The molecule has 0 fully saturated rings. The van der Waals surface area contributed by atoms with Crippen molar-refractivity contribution in [1.29, 1.82) is 0 Å². The van der Waals surface area contributed by atoms with Crippen LogP contribution < -0.4 is 0 Å². The van der Waals surface area contributed by atoms with Gasteiger partial charge < -0.3 is 0 Å². The van der Waals surface area contributed by atoms with Crippen LogP contribution in [0.15, 0.2) is 0 Å². The van der Waals surface area contributed by atoms with E-state index in [1.165, 1.54) is 6.29 Å². The molecule has 0 aromatic heterocycles. The zero-order valence-corrected chi connectivity index (χ0v) is 4.23. The molecule has 0 rings (SSSR count). The molecule has 0 aliphatic heterocycles. The van der Waals surface area contributed by atoms with Crippen LogP contribution in [0.1, 0.15) is 6.42 Å². The first kappa shape index (κ1) is 6.36. The standard InChI is InChI=1S/C3H3O3S/c4-2-1-3-7(5)6/h3H,1H2. The van der Waals surface area contributed by atoms with Gasteiger partial charge in [0.2, 0.25) is 16.6 Å². The first-order chi connectivity index (χ1) is 3.27. The summed E-state index contributed by atoms with van der Waals surface area (Å²) in [4.78, 5) is 9.28. The fourth-order valence-corrected chi connectivity index (χ4v) is 0.306. The van der Waals surface area contributed by atoms with Gasteiger partial charge >= 0.3 is 0 Å². The Morgan fingerprint density at radius 1 is 1.57 bits per heavy atom. The van der Waals surface area contributed by atoms with Gasteiger partial charge in [-0.05, 0) is 0 Å². The maximum Gasteiger partial charge on any atom is 0.210 e. The maximum absolute atomic E-state index is 9.52. The molecule has 39 valence electrons. The van der Waals surface area contributed by atoms with E-state index in [9.17, 15) is 13.2 Å². The molecule has 0 heterocycles. The zero-order valence-electron chi connectivity index (χ0n) is 3.42. The first-order valence-corrected chi connectivity index (χ1v) is 2.67. The summed E-state index contributed by atoms with van der Waals surface area (Å²) in [6.07, 6.45) is 1.26. The van der Waals surface area contributed by atoms with E-state index in [-0.39, 0.29) is 6.42 Å². The zero-order chi connectivity index (χ0) is 5.70. The van der Waals surface area contributed by atoms with Gasteiger partial charge in [-0.1, -0.05) is 0 Å². The minimum Gasteiger partial charge on any atom is -0.290 e. The molecule has 0 N–H and O–H groups in total. The minimum atomic E-state index is -2.20. The number of carbonyl (C=O) groups excluding carboxylic acids is 1. The van der Waals surface area contributed by atoms with Gasteiger partial charge in [0.15, 0.2) is 0 Å². The van der Waals surface area contributed by atoms with Gasteiger partial charge in [0.25, 0.3) is 0 Å². The van der Waals surface area contributed by atoms with Gasteiger partial charge in [-0.15, -0.1) is 0 Å². The average molecular weight is 119 g/mol. The van der Waals surface area contributed by atoms with E-state index in [2.05, 4.69) is 0 Å². The first-order valence-electron chi connectivity index (χ1n) is 1.53. The summed E-state index contributed by atoms with van der Waals surface area (Å²) in [5, 5.41) is 0.840. The Labute approximate surface area is 42.5 Å². The Morgan fingerprint density at radius 3 is 2.29 bits per heavy atom. The Morgan fingerprint density at radius 2 is 2.14 bits per heavy atom. The third kappa shape index (κ3) is 5.36. The summed E-state index contributed by atoms with van der Waals surface area (Å²) >= 11 is 0. The number of rotatable bonds is 2. The van der Waals surface area contributed by atoms with Crippen LogP contribution in [-0.2, 0) is 15.1 Å². The van der Waals surface area contributed by atoms with Gasteiger partial charge in [-0.2, -0.15) is 8.42 Å². The molecule has 0 aromatic carbocycles. The Kier molecular flexibility index (Phi) is 3.22. The summed E-state index contributed by atoms with van der Waals surface area (Å²) < 4.78 is 19.0. The molecule has 0 saturated carbocycles. The van der Waals surface area contributed by atoms with Crippen LogP contribution in [0.4, 0.5) is 0 Å². The predicted octanol–water partition coefficient (Wildman–Crippen LogP) is -0.832. The van der Waals surface area contributed by atoms with E-state index in [1.54, 1.807) is 0 Å². The van der Waals surface area contributed by atoms with Gasteiger partial charge in [-0.25, -0.2) is 0 Å². The van der Waals surface area contributed by atoms with Gasteiger partial charge in [0.1, 0.15) is 0 Å². The third-order valence-corrected chi connectivity index (χ3v) is 0.742. The highest BCUT2D eigenvalue weighted by atomic mass is 32.2. The Hall–Kier alpha value is -0.640. The molecule has 1 radical (unpaired) electrons. The van der Waals surface area contributed by atoms with E-state index in [0.717, 1.165) is 5.37 Å². The van der Waals surface area contributed by atoms with Crippen molar-refractivity contribution in [2.24, 2.45) is 0 Å². The predicted molar refractivity (Wildman–Crippen MR) is 25.3 cm³/mol. The quantitative estimate of drug-likeness (QED) is 0.446. The molecule has 7 heavy (non-hydrogen) atoms. The van der Waals surface area contributed by atoms with E-state index in [0.29, 0.717) is 0 Å². The highest BCUT2D eigenvalue weighted by molar-refractivity contribution is 7.71. The summed E-state index contributed by atoms with van der Waals surface area (Å²) in [6.45, 7) is 0. The van der Waals surface area contributed by atoms with Crippen molar-refractivity contribution in [3.63, 3.8) is 0 Å². The lowest BCUT2D eigenvalue weighted by Gasteiger charge is -1.56. The summed E-state index contributed by atoms with van der Waals surface area (Å²) in [5.41, 5.74) is 0. The Bertz CT molecular complexity index is 157. The fraction of sp³-hybridized carbons (Fsp3) is 0.333. The third-order valence-electron chi connectivity index (χ3n) is 0.303. The molecule has 0 unspecified atom stereocenters. The molecule has 0 amide bonds. The largest absolute Gasteiger partial charge is 0.290 e. The normalized spacial score (nSPS) is 7.43. The smallest absolute Gasteiger partial charge is 0.210 e. The monoisotopic (exact) mass is 119 g/mol. The van der Waals surface area contributed by atoms with Crippen molar-refractivity contribution in [2.45, 2.75) is 6.42 Å². The van der Waals surface area contributed by atoms with E-state index in [4.69, 9.17) is 0 Å². The highest BCUT2D eigenvalue weighted by Gasteiger charge is 1.71. The van der Waals surface area contributed by atoms with E-state index < -0.39 is 10.3 Å². The van der Waals surface area contributed by atoms with Crippen molar-refractivity contribution >= 4 is 21.9 Å². The van der Waals surface area contributed by atoms with E-state index >= 15 is 0 Å². The van der Waals surface area contributed by atoms with Crippen LogP contribution in [-0.4, -0.2) is 20.1 Å². The molecule has 0 atom stereocenters. The lowest BCUT2D eigenvalue weighted by molar-refractivity contribution is 0.557. The van der Waals surface area contributed by atoms with Crippen molar-refractivity contribution < 1.29 is 13.2 Å².